The first-order chi connectivity index (χ1) is 8.99. The number of hydrogen-bond acceptors (Lipinski definition) is 2. The minimum atomic E-state index is -0.121. The average Bonchev–Trinajstić information content (AvgIpc) is 2.41. The van der Waals surface area contributed by atoms with Gasteiger partial charge in [0, 0.05) is 24.5 Å². The van der Waals surface area contributed by atoms with E-state index in [0.29, 0.717) is 6.04 Å². The fourth-order valence-electron chi connectivity index (χ4n) is 2.59. The number of aryl methyl sites for hydroxylation is 1. The van der Waals surface area contributed by atoms with Crippen molar-refractivity contribution in [2.45, 2.75) is 45.1 Å². The van der Waals surface area contributed by atoms with Crippen LogP contribution in [0.2, 0.25) is 0 Å². The number of piperidine rings is 1. The third-order valence-electron chi connectivity index (χ3n) is 4.07. The van der Waals surface area contributed by atoms with Crippen molar-refractivity contribution in [3.8, 4) is 0 Å². The van der Waals surface area contributed by atoms with Gasteiger partial charge in [-0.2, -0.15) is 0 Å². The summed E-state index contributed by atoms with van der Waals surface area (Å²) >= 11 is 0. The van der Waals surface area contributed by atoms with E-state index in [-0.39, 0.29) is 11.2 Å². The van der Waals surface area contributed by atoms with E-state index in [4.69, 9.17) is 0 Å². The van der Waals surface area contributed by atoms with Crippen LogP contribution in [0.15, 0.2) is 18.2 Å². The summed E-state index contributed by atoms with van der Waals surface area (Å²) in [4.78, 5) is 0. The second-order valence-electron chi connectivity index (χ2n) is 6.27. The molecular weight excluding hydrogens is 239 g/mol. The van der Waals surface area contributed by atoms with Crippen molar-refractivity contribution in [1.29, 1.82) is 0 Å². The molecule has 19 heavy (non-hydrogen) atoms. The van der Waals surface area contributed by atoms with Crippen LogP contribution in [-0.2, 0) is 5.41 Å². The third-order valence-corrected chi connectivity index (χ3v) is 4.07. The van der Waals surface area contributed by atoms with Crippen LogP contribution < -0.4 is 10.6 Å². The molecule has 2 nitrogen and oxygen atoms in total. The fraction of sp³-hybridized carbons (Fsp3) is 0.625. The topological polar surface area (TPSA) is 24.1 Å². The van der Waals surface area contributed by atoms with Gasteiger partial charge >= 0.3 is 0 Å². The first kappa shape index (κ1) is 14.5. The molecule has 2 rings (SSSR count). The zero-order valence-corrected chi connectivity index (χ0v) is 12.2. The molecule has 0 aromatic heterocycles. The first-order valence-corrected chi connectivity index (χ1v) is 7.20. The smallest absolute Gasteiger partial charge is 0.126 e. The van der Waals surface area contributed by atoms with Crippen LogP contribution in [0, 0.1) is 12.7 Å². The van der Waals surface area contributed by atoms with E-state index in [1.807, 2.05) is 19.1 Å². The summed E-state index contributed by atoms with van der Waals surface area (Å²) < 4.78 is 13.3. The summed E-state index contributed by atoms with van der Waals surface area (Å²) in [5, 5.41) is 7.05. The van der Waals surface area contributed by atoms with Crippen molar-refractivity contribution in [2.75, 3.05) is 19.6 Å². The highest BCUT2D eigenvalue weighted by atomic mass is 19.1. The summed E-state index contributed by atoms with van der Waals surface area (Å²) in [6, 6.07) is 6.02. The lowest BCUT2D eigenvalue weighted by atomic mass is 9.83. The summed E-state index contributed by atoms with van der Waals surface area (Å²) in [5.74, 6) is -0.121. The molecule has 0 spiro atoms. The zero-order valence-electron chi connectivity index (χ0n) is 12.2. The van der Waals surface area contributed by atoms with Gasteiger partial charge in [-0.3, -0.25) is 0 Å². The van der Waals surface area contributed by atoms with E-state index in [0.717, 1.165) is 25.2 Å². The molecule has 1 heterocycles. The van der Waals surface area contributed by atoms with Gasteiger partial charge in [0.1, 0.15) is 5.82 Å². The van der Waals surface area contributed by atoms with E-state index in [1.54, 1.807) is 6.07 Å². The highest BCUT2D eigenvalue weighted by Crippen LogP contribution is 2.24. The standard InChI is InChI=1S/C16H25FN2/c1-12-9-13(6-7-15(12)17)16(2,3)11-19-14-5-4-8-18-10-14/h6-7,9,14,18-19H,4-5,8,10-11H2,1-3H3. The van der Waals surface area contributed by atoms with Crippen LogP contribution in [0.25, 0.3) is 0 Å². The van der Waals surface area contributed by atoms with Crippen molar-refractivity contribution in [3.63, 3.8) is 0 Å². The van der Waals surface area contributed by atoms with Gasteiger partial charge in [-0.15, -0.1) is 0 Å². The number of nitrogens with one attached hydrogen (secondary N) is 2. The Balaban J connectivity index is 1.98. The Morgan fingerprint density at radius 1 is 1.42 bits per heavy atom. The molecule has 1 unspecified atom stereocenters. The molecule has 0 aliphatic carbocycles. The molecule has 1 aromatic carbocycles. The fourth-order valence-corrected chi connectivity index (χ4v) is 2.59. The van der Waals surface area contributed by atoms with Crippen molar-refractivity contribution >= 4 is 0 Å². The van der Waals surface area contributed by atoms with Crippen LogP contribution >= 0.6 is 0 Å². The second-order valence-corrected chi connectivity index (χ2v) is 6.27. The molecule has 0 radical (unpaired) electrons. The van der Waals surface area contributed by atoms with Gasteiger partial charge in [0.05, 0.1) is 0 Å². The number of rotatable bonds is 4. The average molecular weight is 264 g/mol. The molecule has 0 saturated carbocycles. The molecule has 1 fully saturated rings. The van der Waals surface area contributed by atoms with Crippen molar-refractivity contribution < 1.29 is 4.39 Å². The minimum absolute atomic E-state index is 0.0237. The van der Waals surface area contributed by atoms with Crippen LogP contribution in [0.1, 0.15) is 37.8 Å². The van der Waals surface area contributed by atoms with Gasteiger partial charge in [-0.1, -0.05) is 26.0 Å². The van der Waals surface area contributed by atoms with Crippen LogP contribution in [0.4, 0.5) is 4.39 Å². The predicted octanol–water partition coefficient (Wildman–Crippen LogP) is 2.75. The Morgan fingerprint density at radius 3 is 2.84 bits per heavy atom. The van der Waals surface area contributed by atoms with Gasteiger partial charge < -0.3 is 10.6 Å². The Morgan fingerprint density at radius 2 is 2.21 bits per heavy atom. The van der Waals surface area contributed by atoms with Crippen LogP contribution in [-0.4, -0.2) is 25.7 Å². The molecule has 106 valence electrons. The molecule has 3 heteroatoms. The van der Waals surface area contributed by atoms with E-state index in [2.05, 4.69) is 24.5 Å². The van der Waals surface area contributed by atoms with Crippen molar-refractivity contribution in [1.82, 2.24) is 10.6 Å². The SMILES string of the molecule is Cc1cc(C(C)(C)CNC2CCCNC2)ccc1F. The molecule has 1 aliphatic heterocycles. The van der Waals surface area contributed by atoms with Crippen molar-refractivity contribution in [3.05, 3.63) is 35.1 Å². The lowest BCUT2D eigenvalue weighted by Crippen LogP contribution is -2.47. The molecule has 1 atom stereocenters. The summed E-state index contributed by atoms with van der Waals surface area (Å²) in [5.41, 5.74) is 1.95. The summed E-state index contributed by atoms with van der Waals surface area (Å²) in [6.07, 6.45) is 2.49. The Kier molecular flexibility index (Phi) is 4.58. The van der Waals surface area contributed by atoms with Gasteiger partial charge in [0.15, 0.2) is 0 Å². The summed E-state index contributed by atoms with van der Waals surface area (Å²) in [7, 11) is 0. The highest BCUT2D eigenvalue weighted by Gasteiger charge is 2.23. The van der Waals surface area contributed by atoms with Gasteiger partial charge in [0.25, 0.3) is 0 Å². The Labute approximate surface area is 115 Å². The number of halogens is 1. The Bertz CT molecular complexity index is 423. The van der Waals surface area contributed by atoms with Gasteiger partial charge in [-0.05, 0) is 43.5 Å². The third kappa shape index (κ3) is 3.77. The van der Waals surface area contributed by atoms with Crippen LogP contribution in [0.3, 0.4) is 0 Å². The lowest BCUT2D eigenvalue weighted by molar-refractivity contribution is 0.354. The minimum Gasteiger partial charge on any atom is -0.315 e. The van der Waals surface area contributed by atoms with Crippen molar-refractivity contribution in [2.24, 2.45) is 0 Å². The van der Waals surface area contributed by atoms with E-state index in [9.17, 15) is 4.39 Å². The van der Waals surface area contributed by atoms with Gasteiger partial charge in [0.2, 0.25) is 0 Å². The maximum absolute atomic E-state index is 13.3. The van der Waals surface area contributed by atoms with E-state index in [1.165, 1.54) is 18.4 Å². The Hall–Kier alpha value is -0.930. The molecule has 1 aliphatic rings. The largest absolute Gasteiger partial charge is 0.315 e. The molecule has 1 aromatic rings. The quantitative estimate of drug-likeness (QED) is 0.874. The number of benzene rings is 1. The second kappa shape index (κ2) is 6.02. The molecule has 0 amide bonds. The molecular formula is C16H25FN2. The zero-order chi connectivity index (χ0) is 13.9. The van der Waals surface area contributed by atoms with E-state index < -0.39 is 0 Å². The molecule has 0 bridgehead atoms. The van der Waals surface area contributed by atoms with Gasteiger partial charge in [-0.25, -0.2) is 4.39 Å². The molecule has 1 saturated heterocycles. The normalized spacial score (nSPS) is 20.5. The maximum Gasteiger partial charge on any atom is 0.126 e. The summed E-state index contributed by atoms with van der Waals surface area (Å²) in [6.45, 7) is 9.36. The highest BCUT2D eigenvalue weighted by molar-refractivity contribution is 5.30. The number of hydrogen-bond donors (Lipinski definition) is 2. The maximum atomic E-state index is 13.3. The van der Waals surface area contributed by atoms with E-state index >= 15 is 0 Å². The first-order valence-electron chi connectivity index (χ1n) is 7.20. The lowest BCUT2D eigenvalue weighted by Gasteiger charge is -2.31. The molecule has 2 N–H and O–H groups in total. The van der Waals surface area contributed by atoms with Crippen LogP contribution in [0.5, 0.6) is 0 Å². The monoisotopic (exact) mass is 264 g/mol. The predicted molar refractivity (Wildman–Crippen MR) is 78.1 cm³/mol.